The molecule has 0 aromatic heterocycles. The fourth-order valence-corrected chi connectivity index (χ4v) is 0.626. The first-order valence-corrected chi connectivity index (χ1v) is 3.39. The molecule has 1 amide bonds. The van der Waals surface area contributed by atoms with Crippen molar-refractivity contribution in [3.63, 3.8) is 0 Å². The highest BCUT2D eigenvalue weighted by atomic mass is 16.8. The van der Waals surface area contributed by atoms with Crippen LogP contribution in [-0.4, -0.2) is 21.5 Å². The number of nitrogens with zero attached hydrogens (tertiary/aromatic N) is 1. The van der Waals surface area contributed by atoms with Crippen LogP contribution in [0.3, 0.4) is 0 Å². The van der Waals surface area contributed by atoms with Crippen LogP contribution in [0.15, 0.2) is 0 Å². The summed E-state index contributed by atoms with van der Waals surface area (Å²) in [6.07, 6.45) is 2.89. The average molecular weight is 147 g/mol. The Kier molecular flexibility index (Phi) is 4.88. The zero-order valence-electron chi connectivity index (χ0n) is 6.08. The van der Waals surface area contributed by atoms with E-state index < -0.39 is 5.91 Å². The van der Waals surface area contributed by atoms with Gasteiger partial charge in [0, 0.05) is 6.42 Å². The van der Waals surface area contributed by atoms with Gasteiger partial charge < -0.3 is 0 Å². The Labute approximate surface area is 60.0 Å². The van der Waals surface area contributed by atoms with E-state index in [0.29, 0.717) is 6.42 Å². The van der Waals surface area contributed by atoms with Crippen molar-refractivity contribution in [2.45, 2.75) is 32.6 Å². The van der Waals surface area contributed by atoms with Crippen LogP contribution in [0, 0.1) is 0 Å². The standard InChI is InChI=1S/C6H13NO3/c1-2-3-4-5-6(8)7(9)10/h9-10H,2-5H2,1H3. The van der Waals surface area contributed by atoms with Crippen LogP contribution in [0.25, 0.3) is 0 Å². The lowest BCUT2D eigenvalue weighted by atomic mass is 10.2. The molecule has 60 valence electrons. The van der Waals surface area contributed by atoms with Crippen molar-refractivity contribution < 1.29 is 15.2 Å². The first-order chi connectivity index (χ1) is 4.68. The Hall–Kier alpha value is -0.610. The van der Waals surface area contributed by atoms with E-state index in [-0.39, 0.29) is 11.6 Å². The highest BCUT2D eigenvalue weighted by Gasteiger charge is 2.05. The summed E-state index contributed by atoms with van der Waals surface area (Å²) in [5.74, 6) is -0.645. The third-order valence-corrected chi connectivity index (χ3v) is 1.22. The Morgan fingerprint density at radius 1 is 1.40 bits per heavy atom. The van der Waals surface area contributed by atoms with Crippen molar-refractivity contribution in [2.24, 2.45) is 0 Å². The second-order valence-corrected chi connectivity index (χ2v) is 2.14. The smallest absolute Gasteiger partial charge is 0.270 e. The van der Waals surface area contributed by atoms with Crippen LogP contribution in [0.5, 0.6) is 0 Å². The van der Waals surface area contributed by atoms with E-state index in [9.17, 15) is 4.79 Å². The SMILES string of the molecule is CCCCCC(=O)N(O)O. The van der Waals surface area contributed by atoms with Gasteiger partial charge in [0.15, 0.2) is 0 Å². The Morgan fingerprint density at radius 3 is 2.40 bits per heavy atom. The number of amides is 1. The van der Waals surface area contributed by atoms with Gasteiger partial charge in [-0.1, -0.05) is 25.0 Å². The fraction of sp³-hybridized carbons (Fsp3) is 0.833. The van der Waals surface area contributed by atoms with Crippen molar-refractivity contribution in [1.82, 2.24) is 5.23 Å². The summed E-state index contributed by atoms with van der Waals surface area (Å²) < 4.78 is 0. The summed E-state index contributed by atoms with van der Waals surface area (Å²) >= 11 is 0. The molecule has 0 fully saturated rings. The van der Waals surface area contributed by atoms with Gasteiger partial charge in [-0.15, -0.1) is 0 Å². The Balaban J connectivity index is 3.22. The molecule has 0 saturated heterocycles. The summed E-state index contributed by atoms with van der Waals surface area (Å²) in [6.45, 7) is 2.01. The molecule has 0 radical (unpaired) electrons. The lowest BCUT2D eigenvalue weighted by Gasteiger charge is -2.03. The highest BCUT2D eigenvalue weighted by Crippen LogP contribution is 1.99. The first kappa shape index (κ1) is 9.39. The molecule has 0 saturated carbocycles. The van der Waals surface area contributed by atoms with E-state index in [1.54, 1.807) is 0 Å². The van der Waals surface area contributed by atoms with E-state index in [4.69, 9.17) is 10.4 Å². The van der Waals surface area contributed by atoms with Crippen LogP contribution >= 0.6 is 0 Å². The largest absolute Gasteiger partial charge is 0.273 e. The number of unbranched alkanes of at least 4 members (excludes halogenated alkanes) is 2. The van der Waals surface area contributed by atoms with Gasteiger partial charge in [0.1, 0.15) is 0 Å². The number of hydrogen-bond acceptors (Lipinski definition) is 3. The second kappa shape index (κ2) is 5.20. The van der Waals surface area contributed by atoms with Gasteiger partial charge in [-0.2, -0.15) is 0 Å². The van der Waals surface area contributed by atoms with Crippen LogP contribution < -0.4 is 0 Å². The molecule has 0 unspecified atom stereocenters. The maximum absolute atomic E-state index is 10.4. The minimum Gasteiger partial charge on any atom is -0.270 e. The van der Waals surface area contributed by atoms with Crippen LogP contribution in [0.1, 0.15) is 32.6 Å². The molecule has 0 spiro atoms. The summed E-state index contributed by atoms with van der Waals surface area (Å²) in [4.78, 5) is 10.4. The quantitative estimate of drug-likeness (QED) is 0.356. The monoisotopic (exact) mass is 147 g/mol. The highest BCUT2D eigenvalue weighted by molar-refractivity contribution is 5.73. The van der Waals surface area contributed by atoms with Gasteiger partial charge in [-0.25, -0.2) is 0 Å². The third kappa shape index (κ3) is 4.29. The topological polar surface area (TPSA) is 60.8 Å². The maximum Gasteiger partial charge on any atom is 0.273 e. The van der Waals surface area contributed by atoms with Crippen LogP contribution in [0.2, 0.25) is 0 Å². The normalized spacial score (nSPS) is 9.50. The maximum atomic E-state index is 10.4. The van der Waals surface area contributed by atoms with E-state index in [1.165, 1.54) is 0 Å². The van der Waals surface area contributed by atoms with Gasteiger partial charge in [-0.05, 0) is 6.42 Å². The molecule has 0 aromatic rings. The van der Waals surface area contributed by atoms with Gasteiger partial charge in [-0.3, -0.25) is 15.2 Å². The Bertz CT molecular complexity index is 103. The zero-order chi connectivity index (χ0) is 7.98. The molecule has 4 heteroatoms. The number of hydrogen-bond donors (Lipinski definition) is 2. The molecule has 0 heterocycles. The summed E-state index contributed by atoms with van der Waals surface area (Å²) in [6, 6.07) is 0. The van der Waals surface area contributed by atoms with E-state index in [2.05, 4.69) is 0 Å². The number of carbonyl (C=O) groups is 1. The van der Waals surface area contributed by atoms with Gasteiger partial charge in [0.25, 0.3) is 5.91 Å². The molecular formula is C6H13NO3. The molecule has 0 bridgehead atoms. The molecule has 2 N–H and O–H groups in total. The molecule has 0 rings (SSSR count). The second-order valence-electron chi connectivity index (χ2n) is 2.14. The number of hydroxylamine groups is 2. The van der Waals surface area contributed by atoms with E-state index >= 15 is 0 Å². The van der Waals surface area contributed by atoms with Crippen molar-refractivity contribution in [3.8, 4) is 0 Å². The predicted molar refractivity (Wildman–Crippen MR) is 34.6 cm³/mol. The molecule has 0 aliphatic carbocycles. The molecule has 10 heavy (non-hydrogen) atoms. The summed E-state index contributed by atoms with van der Waals surface area (Å²) in [5.41, 5.74) is 0. The van der Waals surface area contributed by atoms with Gasteiger partial charge in [0.2, 0.25) is 0 Å². The molecule has 4 nitrogen and oxygen atoms in total. The van der Waals surface area contributed by atoms with Crippen molar-refractivity contribution in [3.05, 3.63) is 0 Å². The van der Waals surface area contributed by atoms with Crippen molar-refractivity contribution >= 4 is 5.91 Å². The third-order valence-electron chi connectivity index (χ3n) is 1.22. The predicted octanol–water partition coefficient (Wildman–Crippen LogP) is 1.17. The first-order valence-electron chi connectivity index (χ1n) is 3.39. The lowest BCUT2D eigenvalue weighted by molar-refractivity contribution is -0.285. The van der Waals surface area contributed by atoms with Crippen molar-refractivity contribution in [2.75, 3.05) is 0 Å². The number of carbonyl (C=O) groups excluding carboxylic acids is 1. The van der Waals surface area contributed by atoms with E-state index in [1.807, 2.05) is 6.92 Å². The minimum absolute atomic E-state index is 0.209. The Morgan fingerprint density at radius 2 is 2.00 bits per heavy atom. The average Bonchev–Trinajstić information content (AvgIpc) is 1.88. The summed E-state index contributed by atoms with van der Waals surface area (Å²) in [5, 5.41) is 16.0. The van der Waals surface area contributed by atoms with Gasteiger partial charge >= 0.3 is 0 Å². The van der Waals surface area contributed by atoms with Crippen LogP contribution in [-0.2, 0) is 4.79 Å². The fourth-order valence-electron chi connectivity index (χ4n) is 0.626. The van der Waals surface area contributed by atoms with Crippen LogP contribution in [0.4, 0.5) is 0 Å². The van der Waals surface area contributed by atoms with Gasteiger partial charge in [0.05, 0.1) is 0 Å². The lowest BCUT2D eigenvalue weighted by Crippen LogP contribution is -2.22. The number of rotatable bonds is 4. The zero-order valence-corrected chi connectivity index (χ0v) is 6.08. The molecule has 0 aliphatic heterocycles. The van der Waals surface area contributed by atoms with E-state index in [0.717, 1.165) is 12.8 Å². The van der Waals surface area contributed by atoms with Crippen molar-refractivity contribution in [1.29, 1.82) is 0 Å². The molecular weight excluding hydrogens is 134 g/mol. The molecule has 0 aromatic carbocycles. The minimum atomic E-state index is -0.645. The molecule has 0 atom stereocenters. The molecule has 0 aliphatic rings. The summed E-state index contributed by atoms with van der Waals surface area (Å²) in [7, 11) is 0.